The molecular formula is C29H23FN8. The van der Waals surface area contributed by atoms with E-state index in [0.29, 0.717) is 23.4 Å². The van der Waals surface area contributed by atoms with Gasteiger partial charge in [-0.25, -0.2) is 13.9 Å². The summed E-state index contributed by atoms with van der Waals surface area (Å²) in [5.74, 6) is -0.218. The molecule has 0 spiro atoms. The molecule has 0 saturated carbocycles. The number of aromatic amines is 1. The van der Waals surface area contributed by atoms with Crippen molar-refractivity contribution in [2.24, 2.45) is 0 Å². The number of aromatic nitrogens is 6. The van der Waals surface area contributed by atoms with Crippen molar-refractivity contribution in [1.29, 1.82) is 0 Å². The number of pyridine rings is 1. The number of fused-ring (bicyclic) bond motifs is 4. The molecule has 38 heavy (non-hydrogen) atoms. The predicted molar refractivity (Wildman–Crippen MR) is 144 cm³/mol. The molecular weight excluding hydrogens is 479 g/mol. The van der Waals surface area contributed by atoms with Crippen LogP contribution in [0.5, 0.6) is 0 Å². The van der Waals surface area contributed by atoms with E-state index in [1.807, 2.05) is 53.2 Å². The van der Waals surface area contributed by atoms with Crippen molar-refractivity contribution in [2.75, 3.05) is 18.0 Å². The summed E-state index contributed by atoms with van der Waals surface area (Å²) in [6.45, 7) is 1.76. The van der Waals surface area contributed by atoms with Crippen LogP contribution in [0, 0.1) is 5.82 Å². The van der Waals surface area contributed by atoms with Crippen molar-refractivity contribution in [3.63, 3.8) is 0 Å². The van der Waals surface area contributed by atoms with Crippen LogP contribution in [0.15, 0.2) is 79.4 Å². The largest absolute Gasteiger partial charge is 0.363 e. The van der Waals surface area contributed by atoms with E-state index in [1.54, 1.807) is 24.7 Å². The van der Waals surface area contributed by atoms with Gasteiger partial charge in [-0.2, -0.15) is 10.2 Å². The second kappa shape index (κ2) is 8.19. The highest BCUT2D eigenvalue weighted by molar-refractivity contribution is 6.02. The number of hydrogen-bond donors (Lipinski definition) is 2. The summed E-state index contributed by atoms with van der Waals surface area (Å²) in [5, 5.41) is 16.8. The Morgan fingerprint density at radius 3 is 2.71 bits per heavy atom. The molecule has 9 heteroatoms. The minimum Gasteiger partial charge on any atom is -0.363 e. The average molecular weight is 503 g/mol. The van der Waals surface area contributed by atoms with Crippen LogP contribution in [0.2, 0.25) is 0 Å². The van der Waals surface area contributed by atoms with E-state index in [1.165, 1.54) is 0 Å². The molecule has 2 fully saturated rings. The van der Waals surface area contributed by atoms with Crippen LogP contribution in [0.4, 0.5) is 10.1 Å². The zero-order valence-corrected chi connectivity index (χ0v) is 20.3. The highest BCUT2D eigenvalue weighted by Crippen LogP contribution is 2.39. The number of H-pyrrole nitrogens is 1. The molecule has 6 heterocycles. The fraction of sp³-hybridized carbons (Fsp3) is 0.172. The number of benzene rings is 2. The lowest BCUT2D eigenvalue weighted by Crippen LogP contribution is -2.43. The first-order chi connectivity index (χ1) is 18.7. The molecule has 2 aliphatic heterocycles. The van der Waals surface area contributed by atoms with Crippen LogP contribution in [0.1, 0.15) is 6.42 Å². The van der Waals surface area contributed by atoms with Crippen molar-refractivity contribution in [1.82, 2.24) is 35.1 Å². The monoisotopic (exact) mass is 502 g/mol. The molecule has 2 aliphatic rings. The lowest BCUT2D eigenvalue weighted by atomic mass is 9.99. The number of halogens is 1. The van der Waals surface area contributed by atoms with Crippen LogP contribution in [0.25, 0.3) is 50.2 Å². The molecule has 8 rings (SSSR count). The SMILES string of the molecule is Fc1cc(-c2ccnc3c(-c4cccc5[nH]ncc45)c(-c4ccncc4)nn23)ccc1N1CC2CC1CN2. The molecule has 2 saturated heterocycles. The molecule has 2 bridgehead atoms. The average Bonchev–Trinajstić information content (AvgIpc) is 3.76. The summed E-state index contributed by atoms with van der Waals surface area (Å²) in [4.78, 5) is 11.1. The summed E-state index contributed by atoms with van der Waals surface area (Å²) in [7, 11) is 0. The molecule has 6 aromatic rings. The maximum atomic E-state index is 15.5. The normalized spacial score (nSPS) is 18.7. The maximum Gasteiger partial charge on any atom is 0.164 e. The van der Waals surface area contributed by atoms with Gasteiger partial charge in [0.2, 0.25) is 0 Å². The van der Waals surface area contributed by atoms with E-state index in [-0.39, 0.29) is 5.82 Å². The highest BCUT2D eigenvalue weighted by Gasteiger charge is 2.38. The van der Waals surface area contributed by atoms with Gasteiger partial charge in [0.1, 0.15) is 11.5 Å². The summed E-state index contributed by atoms with van der Waals surface area (Å²) in [5.41, 5.74) is 7.37. The van der Waals surface area contributed by atoms with E-state index >= 15 is 4.39 Å². The summed E-state index contributed by atoms with van der Waals surface area (Å²) < 4.78 is 17.4. The Balaban J connectivity index is 1.32. The van der Waals surface area contributed by atoms with Crippen LogP contribution >= 0.6 is 0 Å². The Kier molecular flexibility index (Phi) is 4.62. The third kappa shape index (κ3) is 3.18. The van der Waals surface area contributed by atoms with Crippen molar-refractivity contribution in [3.05, 3.63) is 85.2 Å². The smallest absolute Gasteiger partial charge is 0.164 e. The molecule has 2 unspecified atom stereocenters. The van der Waals surface area contributed by atoms with Crippen molar-refractivity contribution in [3.8, 4) is 33.6 Å². The number of anilines is 1. The van der Waals surface area contributed by atoms with Crippen molar-refractivity contribution in [2.45, 2.75) is 18.5 Å². The van der Waals surface area contributed by atoms with Crippen LogP contribution in [0.3, 0.4) is 0 Å². The minimum atomic E-state index is -0.218. The van der Waals surface area contributed by atoms with Crippen molar-refractivity contribution >= 4 is 22.2 Å². The van der Waals surface area contributed by atoms with Gasteiger partial charge in [-0.1, -0.05) is 18.2 Å². The zero-order chi connectivity index (χ0) is 25.2. The minimum absolute atomic E-state index is 0.218. The first-order valence-corrected chi connectivity index (χ1v) is 12.7. The fourth-order valence-electron chi connectivity index (χ4n) is 6.06. The van der Waals surface area contributed by atoms with Gasteiger partial charge in [-0.3, -0.25) is 10.1 Å². The standard InChI is InChI=1S/C29H23FN8/c30-23-12-18(4-5-26(23)37-16-19-13-20(37)14-33-19)25-8-11-32-29-27(21-2-1-3-24-22(21)15-34-35-24)28(36-38(25)29)17-6-9-31-10-7-17/h1-12,15,19-20,33H,13-14,16H2,(H,34,35). The van der Waals surface area contributed by atoms with Gasteiger partial charge in [0.25, 0.3) is 0 Å². The number of rotatable bonds is 4. The Morgan fingerprint density at radius 2 is 1.89 bits per heavy atom. The molecule has 186 valence electrons. The molecule has 0 aliphatic carbocycles. The van der Waals surface area contributed by atoms with Gasteiger partial charge in [0, 0.05) is 60.3 Å². The Labute approximate surface area is 217 Å². The topological polar surface area (TPSA) is 87.0 Å². The first kappa shape index (κ1) is 21.5. The maximum absolute atomic E-state index is 15.5. The first-order valence-electron chi connectivity index (χ1n) is 12.7. The van der Waals surface area contributed by atoms with Crippen LogP contribution in [-0.2, 0) is 0 Å². The van der Waals surface area contributed by atoms with Gasteiger partial charge >= 0.3 is 0 Å². The van der Waals surface area contributed by atoms with Crippen molar-refractivity contribution < 1.29 is 4.39 Å². The Hall–Kier alpha value is -4.63. The molecule has 2 N–H and O–H groups in total. The van der Waals surface area contributed by atoms with Gasteiger partial charge in [0.05, 0.1) is 28.7 Å². The molecule has 4 aromatic heterocycles. The number of hydrogen-bond acceptors (Lipinski definition) is 6. The molecule has 2 atom stereocenters. The number of nitrogens with zero attached hydrogens (tertiary/aromatic N) is 6. The van der Waals surface area contributed by atoms with Gasteiger partial charge < -0.3 is 10.2 Å². The van der Waals surface area contributed by atoms with E-state index in [4.69, 9.17) is 10.1 Å². The Morgan fingerprint density at radius 1 is 0.974 bits per heavy atom. The van der Waals surface area contributed by atoms with Crippen LogP contribution in [-0.4, -0.2) is 55.0 Å². The van der Waals surface area contributed by atoms with Gasteiger partial charge in [-0.05, 0) is 48.4 Å². The molecule has 0 amide bonds. The predicted octanol–water partition coefficient (Wildman–Crippen LogP) is 4.69. The third-order valence-corrected chi connectivity index (χ3v) is 7.84. The number of piperazine rings is 1. The van der Waals surface area contributed by atoms with E-state index in [2.05, 4.69) is 31.5 Å². The van der Waals surface area contributed by atoms with E-state index in [0.717, 1.165) is 64.1 Å². The number of nitrogens with one attached hydrogen (secondary N) is 2. The second-order valence-corrected chi connectivity index (χ2v) is 9.98. The van der Waals surface area contributed by atoms with Gasteiger partial charge in [-0.15, -0.1) is 0 Å². The summed E-state index contributed by atoms with van der Waals surface area (Å²) in [6.07, 6.45) is 8.17. The van der Waals surface area contributed by atoms with E-state index < -0.39 is 0 Å². The van der Waals surface area contributed by atoms with Crippen LogP contribution < -0.4 is 10.2 Å². The summed E-state index contributed by atoms with van der Waals surface area (Å²) in [6, 6.07) is 18.1. The van der Waals surface area contributed by atoms with E-state index in [9.17, 15) is 0 Å². The third-order valence-electron chi connectivity index (χ3n) is 7.84. The highest BCUT2D eigenvalue weighted by atomic mass is 19.1. The molecule has 0 radical (unpaired) electrons. The Bertz CT molecular complexity index is 1830. The molecule has 8 nitrogen and oxygen atoms in total. The van der Waals surface area contributed by atoms with Gasteiger partial charge in [0.15, 0.2) is 5.65 Å². The lowest BCUT2D eigenvalue weighted by molar-refractivity contribution is 0.561. The quantitative estimate of drug-likeness (QED) is 0.364. The summed E-state index contributed by atoms with van der Waals surface area (Å²) >= 11 is 0. The zero-order valence-electron chi connectivity index (χ0n) is 20.3. The fourth-order valence-corrected chi connectivity index (χ4v) is 6.06. The second-order valence-electron chi connectivity index (χ2n) is 9.98. The molecule has 2 aromatic carbocycles. The lowest BCUT2D eigenvalue weighted by Gasteiger charge is -2.30.